The van der Waals surface area contributed by atoms with E-state index in [9.17, 15) is 0 Å². The Morgan fingerprint density at radius 1 is 1.18 bits per heavy atom. The monoisotopic (exact) mass is 299 g/mol. The van der Waals surface area contributed by atoms with Gasteiger partial charge in [-0.25, -0.2) is 0 Å². The normalized spacial score (nSPS) is 21.2. The van der Waals surface area contributed by atoms with E-state index in [0.29, 0.717) is 19.3 Å². The average Bonchev–Trinajstić information content (AvgIpc) is 3.20. The van der Waals surface area contributed by atoms with E-state index >= 15 is 0 Å². The van der Waals surface area contributed by atoms with Crippen LogP contribution in [0.5, 0.6) is 11.5 Å². The second-order valence-corrected chi connectivity index (χ2v) is 5.97. The third-order valence-corrected chi connectivity index (χ3v) is 4.45. The number of aromatic nitrogens is 2. The number of fused-ring (bicyclic) bond motifs is 1. The lowest BCUT2D eigenvalue weighted by Crippen LogP contribution is -2.32. The number of rotatable bonds is 4. The molecule has 1 unspecified atom stereocenters. The second-order valence-electron chi connectivity index (χ2n) is 5.97. The lowest BCUT2D eigenvalue weighted by molar-refractivity contribution is 0.170. The highest BCUT2D eigenvalue weighted by Crippen LogP contribution is 2.32. The fourth-order valence-corrected chi connectivity index (χ4v) is 3.36. The van der Waals surface area contributed by atoms with Crippen molar-refractivity contribution in [2.75, 3.05) is 19.8 Å². The zero-order chi connectivity index (χ0) is 14.8. The Hall–Kier alpha value is -2.01. The van der Waals surface area contributed by atoms with Gasteiger partial charge in [0, 0.05) is 25.0 Å². The highest BCUT2D eigenvalue weighted by molar-refractivity contribution is 5.43. The van der Waals surface area contributed by atoms with Gasteiger partial charge in [0.2, 0.25) is 0 Å². The van der Waals surface area contributed by atoms with Gasteiger partial charge in [0.15, 0.2) is 11.5 Å². The molecule has 116 valence electrons. The number of hydrogen-bond acceptors (Lipinski definition) is 4. The second kappa shape index (κ2) is 6.01. The Labute approximate surface area is 130 Å². The number of benzene rings is 1. The molecule has 0 aliphatic carbocycles. The molecule has 2 aliphatic heterocycles. The van der Waals surface area contributed by atoms with Crippen LogP contribution in [0.4, 0.5) is 0 Å². The minimum absolute atomic E-state index is 0.563. The van der Waals surface area contributed by atoms with Crippen LogP contribution in [-0.4, -0.2) is 40.5 Å². The summed E-state index contributed by atoms with van der Waals surface area (Å²) in [4.78, 5) is 2.55. The molecule has 0 N–H and O–H groups in total. The average molecular weight is 299 g/mol. The number of likely N-dealkylation sites (tertiary alicyclic amines) is 1. The van der Waals surface area contributed by atoms with E-state index in [1.54, 1.807) is 0 Å². The predicted molar refractivity (Wildman–Crippen MR) is 83.1 cm³/mol. The Morgan fingerprint density at radius 3 is 2.95 bits per heavy atom. The summed E-state index contributed by atoms with van der Waals surface area (Å²) in [6.07, 6.45) is 6.39. The molecule has 0 bridgehead atoms. The number of nitrogens with zero attached hydrogens (tertiary/aromatic N) is 3. The molecule has 1 atom stereocenters. The van der Waals surface area contributed by atoms with Gasteiger partial charge in [0.25, 0.3) is 0 Å². The summed E-state index contributed by atoms with van der Waals surface area (Å²) in [5, 5.41) is 4.33. The summed E-state index contributed by atoms with van der Waals surface area (Å²) in [6.45, 7) is 4.37. The van der Waals surface area contributed by atoms with Gasteiger partial charge in [-0.1, -0.05) is 6.07 Å². The van der Waals surface area contributed by atoms with Gasteiger partial charge >= 0.3 is 0 Å². The third kappa shape index (κ3) is 2.81. The molecule has 2 aliphatic rings. The van der Waals surface area contributed by atoms with Crippen LogP contribution in [0.3, 0.4) is 0 Å². The summed E-state index contributed by atoms with van der Waals surface area (Å²) in [5.41, 5.74) is 1.29. The van der Waals surface area contributed by atoms with Crippen molar-refractivity contribution in [1.82, 2.24) is 14.7 Å². The van der Waals surface area contributed by atoms with E-state index in [0.717, 1.165) is 31.1 Å². The SMILES string of the molecule is c1cnn(CC2CCCN2Cc2ccc3c(c2)OCCO3)c1. The summed E-state index contributed by atoms with van der Waals surface area (Å²) in [7, 11) is 0. The Bertz CT molecular complexity index is 627. The van der Waals surface area contributed by atoms with E-state index in [1.807, 2.05) is 29.2 Å². The van der Waals surface area contributed by atoms with E-state index in [2.05, 4.69) is 22.1 Å². The van der Waals surface area contributed by atoms with Crippen LogP contribution >= 0.6 is 0 Å². The van der Waals surface area contributed by atoms with Crippen LogP contribution in [0, 0.1) is 0 Å². The summed E-state index contributed by atoms with van der Waals surface area (Å²) in [6, 6.07) is 8.85. The fraction of sp³-hybridized carbons (Fsp3) is 0.471. The Morgan fingerprint density at radius 2 is 2.09 bits per heavy atom. The molecular weight excluding hydrogens is 278 g/mol. The molecule has 5 nitrogen and oxygen atoms in total. The van der Waals surface area contributed by atoms with Gasteiger partial charge in [0.1, 0.15) is 13.2 Å². The van der Waals surface area contributed by atoms with Crippen molar-refractivity contribution in [2.24, 2.45) is 0 Å². The lowest BCUT2D eigenvalue weighted by Gasteiger charge is -2.25. The van der Waals surface area contributed by atoms with Crippen LogP contribution in [0.25, 0.3) is 0 Å². The number of ether oxygens (including phenoxy) is 2. The maximum atomic E-state index is 5.68. The van der Waals surface area contributed by atoms with Crippen molar-refractivity contribution < 1.29 is 9.47 Å². The zero-order valence-corrected chi connectivity index (χ0v) is 12.6. The van der Waals surface area contributed by atoms with Gasteiger partial charge in [-0.05, 0) is 43.1 Å². The molecule has 3 heterocycles. The Balaban J connectivity index is 1.45. The van der Waals surface area contributed by atoms with Crippen LogP contribution < -0.4 is 9.47 Å². The van der Waals surface area contributed by atoms with Crippen LogP contribution in [-0.2, 0) is 13.1 Å². The van der Waals surface area contributed by atoms with Gasteiger partial charge in [-0.3, -0.25) is 9.58 Å². The molecule has 0 radical (unpaired) electrons. The standard InChI is InChI=1S/C17H21N3O2/c1-3-15(13-20-8-2-6-18-20)19(7-1)12-14-4-5-16-17(11-14)22-10-9-21-16/h2,4-6,8,11,15H,1,3,7,9-10,12-13H2. The minimum atomic E-state index is 0.563. The van der Waals surface area contributed by atoms with Crippen molar-refractivity contribution in [3.05, 3.63) is 42.2 Å². The molecule has 0 saturated carbocycles. The molecule has 2 aromatic rings. The van der Waals surface area contributed by atoms with Crippen LogP contribution in [0.15, 0.2) is 36.7 Å². The third-order valence-electron chi connectivity index (χ3n) is 4.45. The molecule has 4 rings (SSSR count). The maximum absolute atomic E-state index is 5.68. The lowest BCUT2D eigenvalue weighted by atomic mass is 10.1. The van der Waals surface area contributed by atoms with Crippen molar-refractivity contribution >= 4 is 0 Å². The maximum Gasteiger partial charge on any atom is 0.161 e. The summed E-state index contributed by atoms with van der Waals surface area (Å²) in [5.74, 6) is 1.75. The van der Waals surface area contributed by atoms with Gasteiger partial charge in [0.05, 0.1) is 6.54 Å². The molecule has 1 aromatic carbocycles. The highest BCUT2D eigenvalue weighted by atomic mass is 16.6. The van der Waals surface area contributed by atoms with Crippen molar-refractivity contribution in [1.29, 1.82) is 0 Å². The van der Waals surface area contributed by atoms with Gasteiger partial charge < -0.3 is 9.47 Å². The van der Waals surface area contributed by atoms with Crippen molar-refractivity contribution in [3.8, 4) is 11.5 Å². The van der Waals surface area contributed by atoms with Gasteiger partial charge in [-0.15, -0.1) is 0 Å². The topological polar surface area (TPSA) is 39.5 Å². The zero-order valence-electron chi connectivity index (χ0n) is 12.6. The first-order valence-corrected chi connectivity index (χ1v) is 7.98. The number of hydrogen-bond donors (Lipinski definition) is 0. The molecular formula is C17H21N3O2. The molecule has 0 spiro atoms. The predicted octanol–water partition coefficient (Wildman–Crippen LogP) is 2.32. The summed E-state index contributed by atoms with van der Waals surface area (Å²) >= 11 is 0. The van der Waals surface area contributed by atoms with Crippen molar-refractivity contribution in [3.63, 3.8) is 0 Å². The molecule has 22 heavy (non-hydrogen) atoms. The van der Waals surface area contributed by atoms with Crippen molar-refractivity contribution in [2.45, 2.75) is 32.0 Å². The summed E-state index contributed by atoms with van der Waals surface area (Å²) < 4.78 is 13.3. The molecule has 0 amide bonds. The largest absolute Gasteiger partial charge is 0.486 e. The first-order chi connectivity index (χ1) is 10.9. The molecule has 5 heteroatoms. The molecule has 1 fully saturated rings. The Kier molecular flexibility index (Phi) is 3.72. The van der Waals surface area contributed by atoms with E-state index in [1.165, 1.54) is 18.4 Å². The molecule has 1 saturated heterocycles. The van der Waals surface area contributed by atoms with Crippen LogP contribution in [0.2, 0.25) is 0 Å². The first kappa shape index (κ1) is 13.6. The minimum Gasteiger partial charge on any atom is -0.486 e. The fourth-order valence-electron chi connectivity index (χ4n) is 3.36. The smallest absolute Gasteiger partial charge is 0.161 e. The van der Waals surface area contributed by atoms with E-state index in [-0.39, 0.29) is 0 Å². The highest BCUT2D eigenvalue weighted by Gasteiger charge is 2.25. The quantitative estimate of drug-likeness (QED) is 0.868. The van der Waals surface area contributed by atoms with E-state index in [4.69, 9.17) is 9.47 Å². The first-order valence-electron chi connectivity index (χ1n) is 7.98. The van der Waals surface area contributed by atoms with Gasteiger partial charge in [-0.2, -0.15) is 5.10 Å². The van der Waals surface area contributed by atoms with E-state index < -0.39 is 0 Å². The molecule has 1 aromatic heterocycles. The van der Waals surface area contributed by atoms with Crippen LogP contribution in [0.1, 0.15) is 18.4 Å².